The van der Waals surface area contributed by atoms with Gasteiger partial charge >= 0.3 is 12.2 Å². The second kappa shape index (κ2) is 12.9. The summed E-state index contributed by atoms with van der Waals surface area (Å²) in [6, 6.07) is 6.43. The van der Waals surface area contributed by atoms with Crippen LogP contribution in [0.15, 0.2) is 40.4 Å². The molecule has 1 atom stereocenters. The van der Waals surface area contributed by atoms with E-state index in [1.165, 1.54) is 16.1 Å². The maximum Gasteiger partial charge on any atom is 0.410 e. The summed E-state index contributed by atoms with van der Waals surface area (Å²) in [7, 11) is -3.82. The molecule has 0 radical (unpaired) electrons. The molecule has 2 heterocycles. The summed E-state index contributed by atoms with van der Waals surface area (Å²) in [5.41, 5.74) is -1.19. The van der Waals surface area contributed by atoms with Gasteiger partial charge in [-0.1, -0.05) is 6.07 Å². The van der Waals surface area contributed by atoms with Crippen LogP contribution in [0.4, 0.5) is 9.59 Å². The number of pyridine rings is 1. The minimum Gasteiger partial charge on any atom is -0.444 e. The number of benzene rings is 1. The third-order valence-corrected chi connectivity index (χ3v) is 9.02. The summed E-state index contributed by atoms with van der Waals surface area (Å²) in [5.74, 6) is 0.574. The lowest BCUT2D eigenvalue weighted by molar-refractivity contribution is 0.0197. The molecule has 1 aromatic heterocycles. The third-order valence-electron chi connectivity index (χ3n) is 6.00. The van der Waals surface area contributed by atoms with E-state index in [0.29, 0.717) is 38.2 Å². The minimum absolute atomic E-state index is 0.199. The van der Waals surface area contributed by atoms with Crippen molar-refractivity contribution < 1.29 is 27.5 Å². The van der Waals surface area contributed by atoms with Crippen LogP contribution in [0.2, 0.25) is 0 Å². The molecule has 0 saturated carbocycles. The topological polar surface area (TPSA) is 118 Å². The first-order valence-corrected chi connectivity index (χ1v) is 16.0. The van der Waals surface area contributed by atoms with Crippen LogP contribution in [0.5, 0.6) is 0 Å². The predicted octanol–water partition coefficient (Wildman–Crippen LogP) is 5.26. The number of ether oxygens (including phenoxy) is 2. The zero-order chi connectivity index (χ0) is 29.7. The number of nitrogens with one attached hydrogen (secondary N) is 1. The van der Waals surface area contributed by atoms with Crippen LogP contribution in [-0.4, -0.2) is 84.0 Å². The van der Waals surface area contributed by atoms with Crippen LogP contribution in [0.25, 0.3) is 10.8 Å². The number of sulfonamides is 1. The number of rotatable bonds is 6. The van der Waals surface area contributed by atoms with E-state index in [4.69, 9.17) is 9.47 Å². The van der Waals surface area contributed by atoms with Crippen LogP contribution in [0.3, 0.4) is 0 Å². The Hall–Kier alpha value is -2.57. The zero-order valence-electron chi connectivity index (χ0n) is 24.5. The van der Waals surface area contributed by atoms with Crippen molar-refractivity contribution in [3.8, 4) is 0 Å². The number of alkyl carbamates (subject to hydrolysis) is 1. The summed E-state index contributed by atoms with van der Waals surface area (Å²) >= 11 is 1.47. The highest BCUT2D eigenvalue weighted by Gasteiger charge is 2.33. The van der Waals surface area contributed by atoms with Gasteiger partial charge in [0.1, 0.15) is 16.2 Å². The quantitative estimate of drug-likeness (QED) is 0.355. The summed E-state index contributed by atoms with van der Waals surface area (Å²) < 4.78 is 39.9. The van der Waals surface area contributed by atoms with E-state index < -0.39 is 39.5 Å². The van der Waals surface area contributed by atoms with Gasteiger partial charge in [0.25, 0.3) is 0 Å². The largest absolute Gasteiger partial charge is 0.444 e. The number of carbonyl (C=O) groups excluding carboxylic acids is 2. The molecule has 3 rings (SSSR count). The molecule has 1 saturated heterocycles. The third kappa shape index (κ3) is 8.97. The molecule has 0 spiro atoms. The molecule has 1 aliphatic heterocycles. The first-order chi connectivity index (χ1) is 18.6. The standard InChI is InChI=1S/C28H42N4O6S2/c1-20-19-31(26(34)38-28(5,6)7)15-8-9-16-32(20)40(35,36)22-10-11-23-21(18-22)12-13-29-24(23)39-17-14-30-25(33)37-27(2,3)4/h10-13,18,20H,8-9,14-17,19H2,1-7H3,(H,30,33)/t20-/m1/s1. The van der Waals surface area contributed by atoms with Crippen LogP contribution < -0.4 is 5.32 Å². The number of amides is 2. The second-order valence-corrected chi connectivity index (χ2v) is 14.8. The number of fused-ring (bicyclic) bond motifs is 1. The predicted molar refractivity (Wildman–Crippen MR) is 157 cm³/mol. The van der Waals surface area contributed by atoms with Crippen LogP contribution >= 0.6 is 11.8 Å². The highest BCUT2D eigenvalue weighted by Crippen LogP contribution is 2.30. The van der Waals surface area contributed by atoms with E-state index in [1.807, 2.05) is 48.5 Å². The fraction of sp³-hybridized carbons (Fsp3) is 0.607. The molecule has 0 aliphatic carbocycles. The van der Waals surface area contributed by atoms with Gasteiger partial charge in [-0.15, -0.1) is 11.8 Å². The molecule has 1 aliphatic rings. The van der Waals surface area contributed by atoms with Crippen molar-refractivity contribution in [3.05, 3.63) is 30.5 Å². The van der Waals surface area contributed by atoms with Crippen molar-refractivity contribution in [2.24, 2.45) is 0 Å². The van der Waals surface area contributed by atoms with Crippen LogP contribution in [0, 0.1) is 0 Å². The Kier molecular flexibility index (Phi) is 10.3. The van der Waals surface area contributed by atoms with Crippen molar-refractivity contribution in [1.82, 2.24) is 19.5 Å². The van der Waals surface area contributed by atoms with E-state index in [1.54, 1.807) is 35.4 Å². The smallest absolute Gasteiger partial charge is 0.410 e. The van der Waals surface area contributed by atoms with E-state index in [9.17, 15) is 18.0 Å². The summed E-state index contributed by atoms with van der Waals surface area (Å²) in [4.78, 5) is 30.8. The van der Waals surface area contributed by atoms with E-state index in [2.05, 4.69) is 10.3 Å². The molecule has 1 aromatic carbocycles. The Labute approximate surface area is 242 Å². The van der Waals surface area contributed by atoms with Crippen molar-refractivity contribution in [2.75, 3.05) is 31.9 Å². The Balaban J connectivity index is 1.72. The highest BCUT2D eigenvalue weighted by atomic mass is 32.2. The molecule has 10 nitrogen and oxygen atoms in total. The number of hydrogen-bond donors (Lipinski definition) is 1. The average Bonchev–Trinajstić information content (AvgIpc) is 2.81. The molecule has 222 valence electrons. The zero-order valence-corrected chi connectivity index (χ0v) is 26.2. The molecule has 0 bridgehead atoms. The van der Waals surface area contributed by atoms with Gasteiger partial charge in [0.15, 0.2) is 0 Å². The van der Waals surface area contributed by atoms with Crippen molar-refractivity contribution >= 4 is 44.7 Å². The molecule has 2 aromatic rings. The number of carbonyl (C=O) groups is 2. The fourth-order valence-electron chi connectivity index (χ4n) is 4.30. The van der Waals surface area contributed by atoms with Gasteiger partial charge < -0.3 is 19.7 Å². The van der Waals surface area contributed by atoms with Crippen molar-refractivity contribution in [2.45, 2.75) is 88.5 Å². The lowest BCUT2D eigenvalue weighted by Gasteiger charge is -2.36. The lowest BCUT2D eigenvalue weighted by atomic mass is 10.2. The van der Waals surface area contributed by atoms with Gasteiger partial charge in [0.2, 0.25) is 10.0 Å². The summed E-state index contributed by atoms with van der Waals surface area (Å²) in [6.07, 6.45) is 2.08. The fourth-order valence-corrected chi connectivity index (χ4v) is 6.87. The summed E-state index contributed by atoms with van der Waals surface area (Å²) in [6.45, 7) is 14.3. The van der Waals surface area contributed by atoms with Gasteiger partial charge in [0.05, 0.1) is 4.90 Å². The molecule has 40 heavy (non-hydrogen) atoms. The maximum absolute atomic E-state index is 13.8. The van der Waals surface area contributed by atoms with Crippen molar-refractivity contribution in [3.63, 3.8) is 0 Å². The molecule has 0 unspecified atom stereocenters. The highest BCUT2D eigenvalue weighted by molar-refractivity contribution is 7.99. The van der Waals surface area contributed by atoms with E-state index in [-0.39, 0.29) is 11.4 Å². The minimum atomic E-state index is -3.82. The van der Waals surface area contributed by atoms with Gasteiger partial charge in [0, 0.05) is 49.6 Å². The Bertz CT molecular complexity index is 1300. The first-order valence-electron chi connectivity index (χ1n) is 13.5. The van der Waals surface area contributed by atoms with Gasteiger partial charge in [-0.25, -0.2) is 23.0 Å². The molecule has 1 fully saturated rings. The van der Waals surface area contributed by atoms with Gasteiger partial charge in [-0.2, -0.15) is 4.31 Å². The monoisotopic (exact) mass is 594 g/mol. The maximum atomic E-state index is 13.8. The van der Waals surface area contributed by atoms with Crippen LogP contribution in [0.1, 0.15) is 61.3 Å². The van der Waals surface area contributed by atoms with E-state index in [0.717, 1.165) is 15.8 Å². The van der Waals surface area contributed by atoms with Gasteiger partial charge in [-0.3, -0.25) is 0 Å². The van der Waals surface area contributed by atoms with Crippen molar-refractivity contribution in [1.29, 1.82) is 0 Å². The molecular formula is C28H42N4O6S2. The number of aromatic nitrogens is 1. The second-order valence-electron chi connectivity index (χ2n) is 11.9. The Morgan fingerprint density at radius 3 is 2.40 bits per heavy atom. The lowest BCUT2D eigenvalue weighted by Crippen LogP contribution is -2.50. The first kappa shape index (κ1) is 32.0. The van der Waals surface area contributed by atoms with E-state index >= 15 is 0 Å². The van der Waals surface area contributed by atoms with Gasteiger partial charge in [-0.05, 0) is 84.9 Å². The molecule has 1 N–H and O–H groups in total. The average molecular weight is 595 g/mol. The van der Waals surface area contributed by atoms with Crippen LogP contribution in [-0.2, 0) is 19.5 Å². The normalized spacial score (nSPS) is 17.7. The summed E-state index contributed by atoms with van der Waals surface area (Å²) in [5, 5.41) is 5.07. The molecule has 2 amide bonds. The Morgan fingerprint density at radius 1 is 1.05 bits per heavy atom. The Morgan fingerprint density at radius 2 is 1.73 bits per heavy atom. The molecule has 12 heteroatoms. The number of hydrogen-bond acceptors (Lipinski definition) is 8. The number of nitrogens with zero attached hydrogens (tertiary/aromatic N) is 3. The molecular weight excluding hydrogens is 552 g/mol. The SMILES string of the molecule is C[C@@H]1CN(C(=O)OC(C)(C)C)CCCCN1S(=O)(=O)c1ccc2c(SCCNC(=O)OC(C)(C)C)nccc2c1. The number of thioether (sulfide) groups is 1.